The Kier molecular flexibility index (Phi) is 6.30. The van der Waals surface area contributed by atoms with Gasteiger partial charge in [0.1, 0.15) is 23.4 Å². The summed E-state index contributed by atoms with van der Waals surface area (Å²) in [5.74, 6) is -0.105. The van der Waals surface area contributed by atoms with Gasteiger partial charge < -0.3 is 18.9 Å². The van der Waals surface area contributed by atoms with Crippen LogP contribution in [0.25, 0.3) is 0 Å². The summed E-state index contributed by atoms with van der Waals surface area (Å²) in [7, 11) is 1.71. The van der Waals surface area contributed by atoms with Gasteiger partial charge in [0.15, 0.2) is 0 Å². The van der Waals surface area contributed by atoms with Gasteiger partial charge in [0.05, 0.1) is 18.6 Å². The Morgan fingerprint density at radius 2 is 1.97 bits per heavy atom. The minimum absolute atomic E-state index is 0.0595. The Bertz CT molecular complexity index is 821. The fourth-order valence-corrected chi connectivity index (χ4v) is 5.30. The number of benzene rings is 1. The van der Waals surface area contributed by atoms with E-state index in [0.717, 1.165) is 31.4 Å². The molecule has 2 aliphatic heterocycles. The van der Waals surface area contributed by atoms with Crippen LogP contribution in [0.4, 0.5) is 0 Å². The van der Waals surface area contributed by atoms with E-state index in [1.807, 2.05) is 0 Å². The third-order valence-corrected chi connectivity index (χ3v) is 7.26. The second-order valence-electron chi connectivity index (χ2n) is 9.89. The molecule has 1 aliphatic carbocycles. The van der Waals surface area contributed by atoms with Crippen LogP contribution >= 0.6 is 0 Å². The van der Waals surface area contributed by atoms with Crippen LogP contribution in [0.5, 0.6) is 0 Å². The van der Waals surface area contributed by atoms with Crippen LogP contribution in [0.3, 0.4) is 0 Å². The fourth-order valence-electron chi connectivity index (χ4n) is 5.30. The van der Waals surface area contributed by atoms with E-state index in [-0.39, 0.29) is 41.4 Å². The van der Waals surface area contributed by atoms with Crippen LogP contribution in [-0.4, -0.2) is 49.2 Å². The fraction of sp³-hybridized carbons (Fsp3) is 0.654. The summed E-state index contributed by atoms with van der Waals surface area (Å²) in [6.07, 6.45) is 5.49. The lowest BCUT2D eigenvalue weighted by Gasteiger charge is -2.42. The molecule has 0 unspecified atom stereocenters. The Hall–Kier alpha value is -1.69. The van der Waals surface area contributed by atoms with Crippen molar-refractivity contribution in [1.82, 2.24) is 0 Å². The van der Waals surface area contributed by atoms with Crippen molar-refractivity contribution >= 4 is 5.97 Å². The number of ether oxygens (including phenoxy) is 4. The third kappa shape index (κ3) is 4.74. The first kappa shape index (κ1) is 22.5. The van der Waals surface area contributed by atoms with Crippen molar-refractivity contribution in [1.29, 1.82) is 0 Å². The van der Waals surface area contributed by atoms with Crippen LogP contribution in [0.1, 0.15) is 57.6 Å². The summed E-state index contributed by atoms with van der Waals surface area (Å²) in [6.45, 7) is 9.18. The second kappa shape index (κ2) is 8.68. The van der Waals surface area contributed by atoms with Crippen molar-refractivity contribution in [2.75, 3.05) is 13.7 Å². The smallest absolute Gasteiger partial charge is 0.306 e. The van der Waals surface area contributed by atoms with Gasteiger partial charge in [-0.1, -0.05) is 41.5 Å². The molecule has 31 heavy (non-hydrogen) atoms. The number of esters is 1. The van der Waals surface area contributed by atoms with Crippen LogP contribution < -0.4 is 0 Å². The molecule has 0 N–H and O–H groups in total. The molecule has 5 nitrogen and oxygen atoms in total. The van der Waals surface area contributed by atoms with Crippen LogP contribution in [0, 0.1) is 12.8 Å². The van der Waals surface area contributed by atoms with Crippen LogP contribution in [0.2, 0.25) is 0 Å². The first-order valence-corrected chi connectivity index (χ1v) is 11.5. The molecule has 0 radical (unpaired) electrons. The standard InChI is InChI=1S/C26H36O5/c1-17(2)6-12-21-25(4,31-21)24-23(28-5)20(14-15-26(24)16-29-26)30-22(27)13-11-19-9-7-18(3)8-10-19/h6-10,20-21,23-24H,11-16H2,1-5H3/t20-,21-,23-,24-,25+,26+/m1/s1. The molecule has 3 aliphatic rings. The number of methoxy groups -OCH3 is 1. The second-order valence-corrected chi connectivity index (χ2v) is 9.89. The molecule has 6 atom stereocenters. The topological polar surface area (TPSA) is 60.6 Å². The third-order valence-electron chi connectivity index (χ3n) is 7.26. The number of aryl methyl sites for hydroxylation is 2. The number of hydrogen-bond acceptors (Lipinski definition) is 5. The number of carbonyl (C=O) groups is 1. The summed E-state index contributed by atoms with van der Waals surface area (Å²) in [5.41, 5.74) is 3.16. The van der Waals surface area contributed by atoms with Gasteiger partial charge in [-0.25, -0.2) is 0 Å². The molecule has 1 spiro atoms. The summed E-state index contributed by atoms with van der Waals surface area (Å²) in [4.78, 5) is 12.7. The minimum Gasteiger partial charge on any atom is -0.460 e. The average Bonchev–Trinajstić information content (AvgIpc) is 3.65. The Morgan fingerprint density at radius 3 is 2.58 bits per heavy atom. The summed E-state index contributed by atoms with van der Waals surface area (Å²) in [5, 5.41) is 0. The SMILES string of the molecule is CO[C@@H]1[C@H](OC(=O)CCc2ccc(C)cc2)CC[C@]2(CO2)[C@H]1[C@@]1(C)O[C@@H]1CC=C(C)C. The minimum atomic E-state index is -0.309. The van der Waals surface area contributed by atoms with E-state index in [0.29, 0.717) is 12.8 Å². The van der Waals surface area contributed by atoms with Gasteiger partial charge in [-0.3, -0.25) is 4.79 Å². The van der Waals surface area contributed by atoms with Crippen molar-refractivity contribution in [2.24, 2.45) is 5.92 Å². The van der Waals surface area contributed by atoms with E-state index in [1.54, 1.807) is 7.11 Å². The number of hydrogen-bond donors (Lipinski definition) is 0. The predicted octanol–water partition coefficient (Wildman–Crippen LogP) is 4.55. The Labute approximate surface area is 186 Å². The molecule has 4 rings (SSSR count). The van der Waals surface area contributed by atoms with E-state index in [4.69, 9.17) is 18.9 Å². The van der Waals surface area contributed by atoms with E-state index in [1.165, 1.54) is 11.1 Å². The Morgan fingerprint density at radius 1 is 1.26 bits per heavy atom. The first-order chi connectivity index (χ1) is 14.8. The zero-order valence-corrected chi connectivity index (χ0v) is 19.5. The maximum absolute atomic E-state index is 12.7. The first-order valence-electron chi connectivity index (χ1n) is 11.5. The summed E-state index contributed by atoms with van der Waals surface area (Å²) >= 11 is 0. The normalized spacial score (nSPS) is 36.2. The Balaban J connectivity index is 1.40. The van der Waals surface area contributed by atoms with Crippen molar-refractivity contribution in [3.05, 3.63) is 47.0 Å². The molecular weight excluding hydrogens is 392 g/mol. The molecule has 0 amide bonds. The highest BCUT2D eigenvalue weighted by Crippen LogP contribution is 2.59. The van der Waals surface area contributed by atoms with Gasteiger partial charge in [0.25, 0.3) is 0 Å². The van der Waals surface area contributed by atoms with Gasteiger partial charge in [-0.2, -0.15) is 0 Å². The maximum Gasteiger partial charge on any atom is 0.306 e. The maximum atomic E-state index is 12.7. The van der Waals surface area contributed by atoms with Crippen molar-refractivity contribution < 1.29 is 23.7 Å². The number of rotatable bonds is 8. The molecule has 1 aromatic carbocycles. The van der Waals surface area contributed by atoms with Gasteiger partial charge in [-0.05, 0) is 58.9 Å². The molecule has 2 heterocycles. The molecule has 2 saturated heterocycles. The molecule has 5 heteroatoms. The summed E-state index contributed by atoms with van der Waals surface area (Å²) < 4.78 is 24.1. The van der Waals surface area contributed by atoms with Crippen molar-refractivity contribution in [3.8, 4) is 0 Å². The lowest BCUT2D eigenvalue weighted by molar-refractivity contribution is -0.171. The van der Waals surface area contributed by atoms with Crippen LogP contribution in [0.15, 0.2) is 35.9 Å². The summed E-state index contributed by atoms with van der Waals surface area (Å²) in [6, 6.07) is 8.29. The van der Waals surface area contributed by atoms with E-state index < -0.39 is 0 Å². The molecular formula is C26H36O5. The van der Waals surface area contributed by atoms with Gasteiger partial charge >= 0.3 is 5.97 Å². The monoisotopic (exact) mass is 428 g/mol. The highest BCUT2D eigenvalue weighted by molar-refractivity contribution is 5.70. The van der Waals surface area contributed by atoms with Crippen molar-refractivity contribution in [2.45, 2.75) is 89.3 Å². The zero-order valence-electron chi connectivity index (χ0n) is 19.5. The zero-order chi connectivity index (χ0) is 22.2. The van der Waals surface area contributed by atoms with E-state index in [2.05, 4.69) is 58.0 Å². The molecule has 1 saturated carbocycles. The number of carbonyl (C=O) groups excluding carboxylic acids is 1. The van der Waals surface area contributed by atoms with E-state index in [9.17, 15) is 4.79 Å². The molecule has 3 fully saturated rings. The van der Waals surface area contributed by atoms with Crippen LogP contribution in [-0.2, 0) is 30.2 Å². The average molecular weight is 429 g/mol. The lowest BCUT2D eigenvalue weighted by Crippen LogP contribution is -2.55. The molecule has 0 bridgehead atoms. The quantitative estimate of drug-likeness (QED) is 0.345. The van der Waals surface area contributed by atoms with E-state index >= 15 is 0 Å². The number of epoxide rings is 2. The molecule has 170 valence electrons. The molecule has 1 aromatic rings. The van der Waals surface area contributed by atoms with Gasteiger partial charge in [0, 0.05) is 13.5 Å². The highest BCUT2D eigenvalue weighted by atomic mass is 16.6. The number of allylic oxidation sites excluding steroid dienone is 1. The molecule has 0 aromatic heterocycles. The highest BCUT2D eigenvalue weighted by Gasteiger charge is 2.72. The largest absolute Gasteiger partial charge is 0.460 e. The van der Waals surface area contributed by atoms with Gasteiger partial charge in [0.2, 0.25) is 0 Å². The lowest BCUT2D eigenvalue weighted by atomic mass is 9.68. The van der Waals surface area contributed by atoms with Gasteiger partial charge in [-0.15, -0.1) is 0 Å². The van der Waals surface area contributed by atoms with Crippen molar-refractivity contribution in [3.63, 3.8) is 0 Å². The predicted molar refractivity (Wildman–Crippen MR) is 119 cm³/mol.